The lowest BCUT2D eigenvalue weighted by atomic mass is 10.1. The summed E-state index contributed by atoms with van der Waals surface area (Å²) in [4.78, 5) is 19.3. The molecule has 0 fully saturated rings. The maximum Gasteiger partial charge on any atom is 0.251 e. The van der Waals surface area contributed by atoms with Gasteiger partial charge in [-0.15, -0.1) is 0 Å². The molecule has 0 amide bonds. The molecule has 116 valence electrons. The minimum absolute atomic E-state index is 0.192. The van der Waals surface area contributed by atoms with Gasteiger partial charge in [0.1, 0.15) is 11.6 Å². The van der Waals surface area contributed by atoms with Crippen LogP contribution in [0.5, 0.6) is 5.75 Å². The first-order chi connectivity index (χ1) is 11.2. The normalized spacial score (nSPS) is 10.5. The van der Waals surface area contributed by atoms with Gasteiger partial charge in [-0.2, -0.15) is 0 Å². The number of aromatic amines is 1. The Bertz CT molecular complexity index is 887. The second kappa shape index (κ2) is 6.36. The second-order valence-corrected chi connectivity index (χ2v) is 5.19. The van der Waals surface area contributed by atoms with E-state index in [-0.39, 0.29) is 5.56 Å². The van der Waals surface area contributed by atoms with E-state index in [2.05, 4.69) is 9.97 Å². The summed E-state index contributed by atoms with van der Waals surface area (Å²) in [6, 6.07) is 16.5. The molecule has 3 aromatic rings. The minimum Gasteiger partial charge on any atom is -0.496 e. The van der Waals surface area contributed by atoms with Crippen molar-refractivity contribution in [3.63, 3.8) is 0 Å². The van der Waals surface area contributed by atoms with Crippen LogP contribution in [0, 0.1) is 0 Å². The predicted octanol–water partition coefficient (Wildman–Crippen LogP) is 2.62. The molecule has 0 spiro atoms. The van der Waals surface area contributed by atoms with Gasteiger partial charge in [0.2, 0.25) is 0 Å². The summed E-state index contributed by atoms with van der Waals surface area (Å²) in [7, 11) is 1.62. The van der Waals surface area contributed by atoms with Crippen LogP contribution in [0.15, 0.2) is 59.4 Å². The van der Waals surface area contributed by atoms with Crippen LogP contribution in [0.25, 0.3) is 11.3 Å². The summed E-state index contributed by atoms with van der Waals surface area (Å²) in [6.45, 7) is 0. The van der Waals surface area contributed by atoms with Crippen molar-refractivity contribution in [2.75, 3.05) is 12.8 Å². The Morgan fingerprint density at radius 3 is 2.74 bits per heavy atom. The van der Waals surface area contributed by atoms with Crippen LogP contribution < -0.4 is 16.0 Å². The number of benzene rings is 2. The van der Waals surface area contributed by atoms with Gasteiger partial charge >= 0.3 is 0 Å². The lowest BCUT2D eigenvalue weighted by molar-refractivity contribution is 0.410. The molecule has 0 aliphatic rings. The molecule has 0 unspecified atom stereocenters. The number of aromatic nitrogens is 2. The van der Waals surface area contributed by atoms with E-state index in [0.29, 0.717) is 23.6 Å². The van der Waals surface area contributed by atoms with E-state index >= 15 is 0 Å². The maximum atomic E-state index is 12.0. The molecule has 2 aromatic carbocycles. The third-order valence-electron chi connectivity index (χ3n) is 3.52. The fraction of sp³-hybridized carbons (Fsp3) is 0.111. The number of hydrogen-bond donors (Lipinski definition) is 2. The third-order valence-corrected chi connectivity index (χ3v) is 3.52. The van der Waals surface area contributed by atoms with E-state index in [4.69, 9.17) is 10.5 Å². The monoisotopic (exact) mass is 307 g/mol. The minimum atomic E-state index is -0.192. The third kappa shape index (κ3) is 3.40. The Hall–Kier alpha value is -3.08. The molecule has 0 aliphatic heterocycles. The number of rotatable bonds is 4. The van der Waals surface area contributed by atoms with Crippen LogP contribution in [0.4, 0.5) is 5.69 Å². The standard InChI is InChI=1S/C18H17N3O2/c1-23-16-8-3-2-5-13(16)10-17-20-15(11-18(22)21-17)12-6-4-7-14(19)9-12/h2-9,11H,10,19H2,1H3,(H,20,21,22). The van der Waals surface area contributed by atoms with Gasteiger partial charge in [0.25, 0.3) is 5.56 Å². The van der Waals surface area contributed by atoms with Gasteiger partial charge in [-0.3, -0.25) is 4.79 Å². The Kier molecular flexibility index (Phi) is 4.10. The number of methoxy groups -OCH3 is 1. The van der Waals surface area contributed by atoms with Gasteiger partial charge < -0.3 is 15.5 Å². The molecule has 0 saturated carbocycles. The summed E-state index contributed by atoms with van der Waals surface area (Å²) in [5, 5.41) is 0. The van der Waals surface area contributed by atoms with Crippen LogP contribution in [0.1, 0.15) is 11.4 Å². The summed E-state index contributed by atoms with van der Waals surface area (Å²) in [6.07, 6.45) is 0.482. The van der Waals surface area contributed by atoms with Crippen LogP contribution in [0.3, 0.4) is 0 Å². The molecule has 0 saturated heterocycles. The number of hydrogen-bond acceptors (Lipinski definition) is 4. The summed E-state index contributed by atoms with van der Waals surface area (Å²) in [5.74, 6) is 1.35. The number of nitrogens with zero attached hydrogens (tertiary/aromatic N) is 1. The van der Waals surface area contributed by atoms with E-state index < -0.39 is 0 Å². The molecule has 5 nitrogen and oxygen atoms in total. The van der Waals surface area contributed by atoms with Crippen LogP contribution >= 0.6 is 0 Å². The largest absolute Gasteiger partial charge is 0.496 e. The lowest BCUT2D eigenvalue weighted by Gasteiger charge is -2.09. The van der Waals surface area contributed by atoms with Gasteiger partial charge in [-0.25, -0.2) is 4.98 Å². The number of ether oxygens (including phenoxy) is 1. The lowest BCUT2D eigenvalue weighted by Crippen LogP contribution is -2.12. The second-order valence-electron chi connectivity index (χ2n) is 5.19. The van der Waals surface area contributed by atoms with Crippen molar-refractivity contribution in [2.24, 2.45) is 0 Å². The molecular formula is C18H17N3O2. The van der Waals surface area contributed by atoms with Crippen molar-refractivity contribution in [1.29, 1.82) is 0 Å². The highest BCUT2D eigenvalue weighted by Crippen LogP contribution is 2.21. The number of nitrogens with one attached hydrogen (secondary N) is 1. The quantitative estimate of drug-likeness (QED) is 0.726. The molecule has 0 bridgehead atoms. The number of nitrogens with two attached hydrogens (primary N) is 1. The number of H-pyrrole nitrogens is 1. The average molecular weight is 307 g/mol. The number of anilines is 1. The van der Waals surface area contributed by atoms with Crippen LogP contribution in [-0.2, 0) is 6.42 Å². The molecule has 3 rings (SSSR count). The van der Waals surface area contributed by atoms with Crippen LogP contribution in [0.2, 0.25) is 0 Å². The first kappa shape index (κ1) is 14.8. The molecule has 1 aromatic heterocycles. The van der Waals surface area contributed by atoms with Crippen molar-refractivity contribution in [2.45, 2.75) is 6.42 Å². The highest BCUT2D eigenvalue weighted by Gasteiger charge is 2.08. The average Bonchev–Trinajstić information content (AvgIpc) is 2.55. The Morgan fingerprint density at radius 2 is 1.96 bits per heavy atom. The SMILES string of the molecule is COc1ccccc1Cc1nc(-c2cccc(N)c2)cc(=O)[nH]1. The molecule has 5 heteroatoms. The van der Waals surface area contributed by atoms with Gasteiger partial charge in [-0.05, 0) is 18.2 Å². The van der Waals surface area contributed by atoms with Crippen molar-refractivity contribution < 1.29 is 4.74 Å². The van der Waals surface area contributed by atoms with Gasteiger partial charge in [-0.1, -0.05) is 30.3 Å². The van der Waals surface area contributed by atoms with E-state index in [0.717, 1.165) is 16.9 Å². The van der Waals surface area contributed by atoms with Crippen molar-refractivity contribution >= 4 is 5.69 Å². The fourth-order valence-corrected chi connectivity index (χ4v) is 2.47. The molecule has 3 N–H and O–H groups in total. The summed E-state index contributed by atoms with van der Waals surface area (Å²) in [5.41, 5.74) is 8.63. The first-order valence-corrected chi connectivity index (χ1v) is 7.24. The van der Waals surface area contributed by atoms with Crippen molar-refractivity contribution in [3.8, 4) is 17.0 Å². The highest BCUT2D eigenvalue weighted by molar-refractivity contribution is 5.63. The van der Waals surface area contributed by atoms with E-state index in [1.807, 2.05) is 36.4 Å². The van der Waals surface area contributed by atoms with E-state index in [9.17, 15) is 4.79 Å². The zero-order valence-corrected chi connectivity index (χ0v) is 12.7. The fourth-order valence-electron chi connectivity index (χ4n) is 2.47. The molecule has 23 heavy (non-hydrogen) atoms. The molecule has 0 aliphatic carbocycles. The Balaban J connectivity index is 1.99. The Morgan fingerprint density at radius 1 is 1.13 bits per heavy atom. The Labute approximate surface area is 133 Å². The molecule has 0 radical (unpaired) electrons. The van der Waals surface area contributed by atoms with Crippen LogP contribution in [-0.4, -0.2) is 17.1 Å². The summed E-state index contributed by atoms with van der Waals surface area (Å²) >= 11 is 0. The zero-order valence-electron chi connectivity index (χ0n) is 12.7. The topological polar surface area (TPSA) is 81.0 Å². The van der Waals surface area contributed by atoms with E-state index in [1.165, 1.54) is 6.07 Å². The number of nitrogen functional groups attached to an aromatic ring is 1. The molecule has 0 atom stereocenters. The highest BCUT2D eigenvalue weighted by atomic mass is 16.5. The number of para-hydroxylation sites is 1. The predicted molar refractivity (Wildman–Crippen MR) is 90.5 cm³/mol. The summed E-state index contributed by atoms with van der Waals surface area (Å²) < 4.78 is 5.34. The first-order valence-electron chi connectivity index (χ1n) is 7.24. The van der Waals surface area contributed by atoms with Gasteiger partial charge in [0.05, 0.1) is 12.8 Å². The maximum absolute atomic E-state index is 12.0. The van der Waals surface area contributed by atoms with Crippen molar-refractivity contribution in [1.82, 2.24) is 9.97 Å². The molecular weight excluding hydrogens is 290 g/mol. The van der Waals surface area contributed by atoms with E-state index in [1.54, 1.807) is 19.2 Å². The van der Waals surface area contributed by atoms with Gasteiger partial charge in [0, 0.05) is 29.3 Å². The van der Waals surface area contributed by atoms with Crippen molar-refractivity contribution in [3.05, 3.63) is 76.3 Å². The zero-order chi connectivity index (χ0) is 16.2. The van der Waals surface area contributed by atoms with Gasteiger partial charge in [0.15, 0.2) is 0 Å². The smallest absolute Gasteiger partial charge is 0.251 e. The molecule has 1 heterocycles.